The third kappa shape index (κ3) is 3.13. The highest BCUT2D eigenvalue weighted by molar-refractivity contribution is 6.30. The van der Waals surface area contributed by atoms with Crippen molar-refractivity contribution in [2.45, 2.75) is 13.3 Å². The van der Waals surface area contributed by atoms with E-state index in [2.05, 4.69) is 0 Å². The molecule has 0 fully saturated rings. The van der Waals surface area contributed by atoms with Crippen molar-refractivity contribution in [2.24, 2.45) is 11.7 Å². The summed E-state index contributed by atoms with van der Waals surface area (Å²) < 4.78 is 0. The first kappa shape index (κ1) is 11.2. The van der Waals surface area contributed by atoms with Crippen molar-refractivity contribution in [1.29, 1.82) is 0 Å². The lowest BCUT2D eigenvalue weighted by atomic mass is 10.00. The minimum absolute atomic E-state index is 0.0750. The molecule has 1 unspecified atom stereocenters. The molecular weight excluding hydrogens is 198 g/mol. The number of hydrogen-bond donors (Lipinski definition) is 1. The third-order valence-electron chi connectivity index (χ3n) is 2.17. The van der Waals surface area contributed by atoms with Crippen LogP contribution in [0.5, 0.6) is 0 Å². The summed E-state index contributed by atoms with van der Waals surface area (Å²) in [6.07, 6.45) is 0.416. The fraction of sp³-hybridized carbons (Fsp3) is 0.364. The molecule has 0 aromatic heterocycles. The molecule has 0 saturated heterocycles. The van der Waals surface area contributed by atoms with Crippen molar-refractivity contribution in [1.82, 2.24) is 0 Å². The van der Waals surface area contributed by atoms with Crippen molar-refractivity contribution in [3.63, 3.8) is 0 Å². The zero-order valence-corrected chi connectivity index (χ0v) is 8.92. The van der Waals surface area contributed by atoms with Gasteiger partial charge in [0, 0.05) is 23.9 Å². The molecule has 14 heavy (non-hydrogen) atoms. The van der Waals surface area contributed by atoms with Gasteiger partial charge in [-0.25, -0.2) is 0 Å². The second-order valence-corrected chi connectivity index (χ2v) is 3.85. The Labute approximate surface area is 89.1 Å². The van der Waals surface area contributed by atoms with E-state index in [1.54, 1.807) is 6.07 Å². The highest BCUT2D eigenvalue weighted by Crippen LogP contribution is 2.12. The highest BCUT2D eigenvalue weighted by atomic mass is 35.5. The van der Waals surface area contributed by atoms with Crippen molar-refractivity contribution in [3.05, 3.63) is 34.9 Å². The monoisotopic (exact) mass is 211 g/mol. The summed E-state index contributed by atoms with van der Waals surface area (Å²) >= 11 is 5.81. The molecule has 1 aromatic carbocycles. The number of hydrogen-bond acceptors (Lipinski definition) is 2. The largest absolute Gasteiger partial charge is 0.330 e. The van der Waals surface area contributed by atoms with Crippen molar-refractivity contribution in [3.8, 4) is 0 Å². The zero-order chi connectivity index (χ0) is 10.6. The Bertz CT molecular complexity index is 325. The van der Waals surface area contributed by atoms with E-state index in [4.69, 9.17) is 17.3 Å². The molecule has 0 saturated carbocycles. The number of carbonyl (C=O) groups excluding carboxylic acids is 1. The summed E-state index contributed by atoms with van der Waals surface area (Å²) in [7, 11) is 0. The Hall–Kier alpha value is -0.860. The van der Waals surface area contributed by atoms with Crippen LogP contribution in [0.4, 0.5) is 0 Å². The Morgan fingerprint density at radius 3 is 2.86 bits per heavy atom. The number of carbonyl (C=O) groups is 1. The van der Waals surface area contributed by atoms with Crippen molar-refractivity contribution < 1.29 is 4.79 Å². The van der Waals surface area contributed by atoms with Crippen LogP contribution in [0, 0.1) is 5.92 Å². The topological polar surface area (TPSA) is 43.1 Å². The van der Waals surface area contributed by atoms with Crippen molar-refractivity contribution in [2.75, 3.05) is 6.54 Å². The molecule has 1 aromatic rings. The van der Waals surface area contributed by atoms with Gasteiger partial charge in [0.1, 0.15) is 5.78 Å². The van der Waals surface area contributed by atoms with Crippen LogP contribution >= 0.6 is 11.6 Å². The van der Waals surface area contributed by atoms with E-state index in [9.17, 15) is 4.79 Å². The Morgan fingerprint density at radius 1 is 1.57 bits per heavy atom. The van der Waals surface area contributed by atoms with E-state index in [0.29, 0.717) is 18.0 Å². The molecule has 2 nitrogen and oxygen atoms in total. The first-order valence-electron chi connectivity index (χ1n) is 4.60. The molecule has 3 heteroatoms. The number of benzene rings is 1. The standard InChI is InChI=1S/C11H14ClNO/c1-8(7-13)11(14)6-9-3-2-4-10(12)5-9/h2-5,8H,6-7,13H2,1H3. The normalized spacial score (nSPS) is 12.5. The maximum atomic E-state index is 11.5. The van der Waals surface area contributed by atoms with Crippen LogP contribution in [-0.2, 0) is 11.2 Å². The summed E-state index contributed by atoms with van der Waals surface area (Å²) in [5, 5.41) is 0.663. The second kappa shape index (κ2) is 5.13. The minimum atomic E-state index is -0.0750. The van der Waals surface area contributed by atoms with Crippen molar-refractivity contribution >= 4 is 17.4 Å². The predicted octanol–water partition coefficient (Wildman–Crippen LogP) is 2.05. The summed E-state index contributed by atoms with van der Waals surface area (Å²) in [5.41, 5.74) is 6.36. The molecule has 0 aliphatic carbocycles. The lowest BCUT2D eigenvalue weighted by Crippen LogP contribution is -2.22. The Kier molecular flexibility index (Phi) is 4.11. The average molecular weight is 212 g/mol. The number of ketones is 1. The molecule has 0 bridgehead atoms. The first-order chi connectivity index (χ1) is 6.63. The Balaban J connectivity index is 2.65. The molecule has 1 atom stereocenters. The molecule has 0 spiro atoms. The van der Waals surface area contributed by atoms with Gasteiger partial charge in [-0.1, -0.05) is 30.7 Å². The SMILES string of the molecule is CC(CN)C(=O)Cc1cccc(Cl)c1. The number of nitrogens with two attached hydrogens (primary N) is 1. The second-order valence-electron chi connectivity index (χ2n) is 3.41. The van der Waals surface area contributed by atoms with E-state index >= 15 is 0 Å². The lowest BCUT2D eigenvalue weighted by molar-refractivity contribution is -0.121. The Morgan fingerprint density at radius 2 is 2.29 bits per heavy atom. The molecule has 0 radical (unpaired) electrons. The molecule has 1 rings (SSSR count). The third-order valence-corrected chi connectivity index (χ3v) is 2.41. The quantitative estimate of drug-likeness (QED) is 0.829. The van der Waals surface area contributed by atoms with Gasteiger partial charge >= 0.3 is 0 Å². The first-order valence-corrected chi connectivity index (χ1v) is 4.98. The molecular formula is C11H14ClNO. The fourth-order valence-electron chi connectivity index (χ4n) is 1.15. The van der Waals surface area contributed by atoms with Gasteiger partial charge in [0.05, 0.1) is 0 Å². The number of Topliss-reactive ketones (excluding diaryl/α,β-unsaturated/α-hetero) is 1. The van der Waals surface area contributed by atoms with Gasteiger partial charge in [-0.3, -0.25) is 4.79 Å². The predicted molar refractivity (Wildman–Crippen MR) is 58.4 cm³/mol. The van der Waals surface area contributed by atoms with Gasteiger partial charge in [-0.05, 0) is 17.7 Å². The highest BCUT2D eigenvalue weighted by Gasteiger charge is 2.11. The lowest BCUT2D eigenvalue weighted by Gasteiger charge is -2.07. The smallest absolute Gasteiger partial charge is 0.141 e. The molecule has 0 amide bonds. The van der Waals surface area contributed by atoms with Gasteiger partial charge < -0.3 is 5.73 Å². The summed E-state index contributed by atoms with van der Waals surface area (Å²) in [4.78, 5) is 11.5. The molecule has 0 aliphatic heterocycles. The van der Waals surface area contributed by atoms with Crippen LogP contribution in [0.1, 0.15) is 12.5 Å². The minimum Gasteiger partial charge on any atom is -0.330 e. The van der Waals surface area contributed by atoms with E-state index in [-0.39, 0.29) is 11.7 Å². The van der Waals surface area contributed by atoms with E-state index in [0.717, 1.165) is 5.56 Å². The van der Waals surface area contributed by atoms with Crippen LogP contribution in [0.25, 0.3) is 0 Å². The number of rotatable bonds is 4. The average Bonchev–Trinajstić information content (AvgIpc) is 2.16. The summed E-state index contributed by atoms with van der Waals surface area (Å²) in [6, 6.07) is 7.34. The summed E-state index contributed by atoms with van der Waals surface area (Å²) in [6.45, 7) is 2.24. The fourth-order valence-corrected chi connectivity index (χ4v) is 1.37. The van der Waals surface area contributed by atoms with Crippen LogP contribution < -0.4 is 5.73 Å². The van der Waals surface area contributed by atoms with Crippen LogP contribution in [0.3, 0.4) is 0 Å². The van der Waals surface area contributed by atoms with Crippen LogP contribution in [0.2, 0.25) is 5.02 Å². The molecule has 0 aliphatic rings. The van der Waals surface area contributed by atoms with Gasteiger partial charge in [0.2, 0.25) is 0 Å². The molecule has 76 valence electrons. The van der Waals surface area contributed by atoms with E-state index in [1.807, 2.05) is 25.1 Å². The summed E-state index contributed by atoms with van der Waals surface area (Å²) in [5.74, 6) is 0.0868. The maximum absolute atomic E-state index is 11.5. The van der Waals surface area contributed by atoms with Gasteiger partial charge in [-0.15, -0.1) is 0 Å². The van der Waals surface area contributed by atoms with Gasteiger partial charge in [0.25, 0.3) is 0 Å². The van der Waals surface area contributed by atoms with E-state index < -0.39 is 0 Å². The van der Waals surface area contributed by atoms with Gasteiger partial charge in [0.15, 0.2) is 0 Å². The number of halogens is 1. The molecule has 0 heterocycles. The van der Waals surface area contributed by atoms with Gasteiger partial charge in [-0.2, -0.15) is 0 Å². The molecule has 2 N–H and O–H groups in total. The van der Waals surface area contributed by atoms with Crippen LogP contribution in [0.15, 0.2) is 24.3 Å². The van der Waals surface area contributed by atoms with E-state index in [1.165, 1.54) is 0 Å². The maximum Gasteiger partial charge on any atom is 0.141 e. The van der Waals surface area contributed by atoms with Crippen LogP contribution in [-0.4, -0.2) is 12.3 Å². The zero-order valence-electron chi connectivity index (χ0n) is 8.16.